The van der Waals surface area contributed by atoms with Crippen LogP contribution in [0.15, 0.2) is 39.4 Å². The molecule has 0 spiro atoms. The van der Waals surface area contributed by atoms with Gasteiger partial charge in [0, 0.05) is 3.57 Å². The van der Waals surface area contributed by atoms with Gasteiger partial charge in [-0.1, -0.05) is 13.0 Å². The normalized spacial score (nSPS) is 12.6. The quantitative estimate of drug-likeness (QED) is 0.674. The summed E-state index contributed by atoms with van der Waals surface area (Å²) in [5, 5.41) is 3.43. The van der Waals surface area contributed by atoms with Gasteiger partial charge in [-0.2, -0.15) is 0 Å². The first-order valence-corrected chi connectivity index (χ1v) is 7.92. The van der Waals surface area contributed by atoms with E-state index in [-0.39, 0.29) is 11.9 Å². The minimum atomic E-state index is -0.219. The highest BCUT2D eigenvalue weighted by atomic mass is 127. The van der Waals surface area contributed by atoms with Crippen molar-refractivity contribution in [3.63, 3.8) is 0 Å². The Morgan fingerprint density at radius 1 is 1.37 bits per heavy atom. The number of hydrogen-bond acceptors (Lipinski definition) is 2. The van der Waals surface area contributed by atoms with E-state index >= 15 is 0 Å². The molecule has 0 amide bonds. The van der Waals surface area contributed by atoms with Gasteiger partial charge in [0.25, 0.3) is 0 Å². The molecule has 0 radical (unpaired) electrons. The fraction of sp³-hybridized carbons (Fsp3) is 0.286. The van der Waals surface area contributed by atoms with E-state index in [1.807, 2.05) is 12.1 Å². The molecule has 0 aliphatic heterocycles. The molecule has 2 rings (SSSR count). The lowest BCUT2D eigenvalue weighted by atomic mass is 10.0. The van der Waals surface area contributed by atoms with Gasteiger partial charge in [0.05, 0.1) is 6.04 Å². The number of furan rings is 1. The third-order valence-corrected chi connectivity index (χ3v) is 4.11. The van der Waals surface area contributed by atoms with Gasteiger partial charge in [-0.3, -0.25) is 0 Å². The molecule has 0 saturated heterocycles. The van der Waals surface area contributed by atoms with Gasteiger partial charge in [0.2, 0.25) is 0 Å². The lowest BCUT2D eigenvalue weighted by Gasteiger charge is -2.18. The van der Waals surface area contributed by atoms with Crippen molar-refractivity contribution in [2.24, 2.45) is 0 Å². The van der Waals surface area contributed by atoms with Crippen LogP contribution in [0.5, 0.6) is 0 Å². The predicted octanol–water partition coefficient (Wildman–Crippen LogP) is 4.87. The van der Waals surface area contributed by atoms with Crippen molar-refractivity contribution in [3.8, 4) is 0 Å². The van der Waals surface area contributed by atoms with Gasteiger partial charge < -0.3 is 9.73 Å². The summed E-state index contributed by atoms with van der Waals surface area (Å²) in [6.45, 7) is 2.98. The van der Waals surface area contributed by atoms with Crippen molar-refractivity contribution < 1.29 is 8.81 Å². The number of nitrogens with one attached hydrogen (secondary N) is 1. The van der Waals surface area contributed by atoms with Crippen molar-refractivity contribution >= 4 is 38.5 Å². The summed E-state index contributed by atoms with van der Waals surface area (Å²) >= 11 is 5.47. The van der Waals surface area contributed by atoms with Crippen LogP contribution in [-0.4, -0.2) is 6.54 Å². The van der Waals surface area contributed by atoms with Crippen LogP contribution < -0.4 is 5.32 Å². The molecule has 2 aromatic rings. The maximum absolute atomic E-state index is 13.2. The van der Waals surface area contributed by atoms with E-state index in [0.717, 1.165) is 27.9 Å². The zero-order chi connectivity index (χ0) is 13.8. The molecule has 1 N–H and O–H groups in total. The largest absolute Gasteiger partial charge is 0.452 e. The lowest BCUT2D eigenvalue weighted by Crippen LogP contribution is -2.23. The van der Waals surface area contributed by atoms with Gasteiger partial charge in [-0.05, 0) is 81.3 Å². The Bertz CT molecular complexity index is 558. The highest BCUT2D eigenvalue weighted by Gasteiger charge is 2.19. The Morgan fingerprint density at radius 3 is 2.74 bits per heavy atom. The average molecular weight is 438 g/mol. The van der Waals surface area contributed by atoms with Crippen molar-refractivity contribution in [2.45, 2.75) is 19.4 Å². The fourth-order valence-electron chi connectivity index (χ4n) is 1.87. The zero-order valence-electron chi connectivity index (χ0n) is 10.4. The monoisotopic (exact) mass is 437 g/mol. The van der Waals surface area contributed by atoms with Crippen LogP contribution in [0, 0.1) is 9.39 Å². The van der Waals surface area contributed by atoms with E-state index < -0.39 is 0 Å². The van der Waals surface area contributed by atoms with Gasteiger partial charge >= 0.3 is 0 Å². The molecule has 1 aromatic heterocycles. The molecule has 2 nitrogen and oxygen atoms in total. The highest BCUT2D eigenvalue weighted by molar-refractivity contribution is 14.1. The molecule has 1 unspecified atom stereocenters. The molecular weight excluding hydrogens is 424 g/mol. The molecule has 0 bridgehead atoms. The molecule has 0 fully saturated rings. The second kappa shape index (κ2) is 6.85. The molecule has 102 valence electrons. The Balaban J connectivity index is 2.36. The van der Waals surface area contributed by atoms with E-state index in [1.165, 1.54) is 12.1 Å². The standard InChI is InChI=1S/C14H14BrFINO/c1-2-7-18-14(12-5-6-13(15)19-12)10-4-3-9(16)8-11(10)17/h3-6,8,14,18H,2,7H2,1H3. The molecule has 1 aromatic carbocycles. The first kappa shape index (κ1) is 15.0. The SMILES string of the molecule is CCCNC(c1ccc(Br)o1)c1ccc(F)cc1I. The third-order valence-electron chi connectivity index (χ3n) is 2.75. The van der Waals surface area contributed by atoms with Gasteiger partial charge in [0.15, 0.2) is 4.67 Å². The number of hydrogen-bond donors (Lipinski definition) is 1. The topological polar surface area (TPSA) is 25.2 Å². The predicted molar refractivity (Wildman–Crippen MR) is 85.7 cm³/mol. The van der Waals surface area contributed by atoms with Crippen LogP contribution in [0.2, 0.25) is 0 Å². The van der Waals surface area contributed by atoms with E-state index in [0.29, 0.717) is 4.67 Å². The molecule has 1 atom stereocenters. The molecule has 0 saturated carbocycles. The van der Waals surface area contributed by atoms with Crippen molar-refractivity contribution in [3.05, 3.63) is 55.7 Å². The van der Waals surface area contributed by atoms with Crippen LogP contribution in [-0.2, 0) is 0 Å². The lowest BCUT2D eigenvalue weighted by molar-refractivity contribution is 0.432. The number of rotatable bonds is 5. The fourth-order valence-corrected chi connectivity index (χ4v) is 2.98. The Kier molecular flexibility index (Phi) is 5.41. The van der Waals surface area contributed by atoms with Crippen molar-refractivity contribution in [1.82, 2.24) is 5.32 Å². The van der Waals surface area contributed by atoms with E-state index in [1.54, 1.807) is 6.07 Å². The first-order valence-electron chi connectivity index (χ1n) is 6.05. The molecule has 0 aliphatic rings. The maximum atomic E-state index is 13.2. The van der Waals surface area contributed by atoms with Crippen LogP contribution in [0.4, 0.5) is 4.39 Å². The molecule has 1 heterocycles. The van der Waals surface area contributed by atoms with Gasteiger partial charge in [0.1, 0.15) is 11.6 Å². The molecule has 5 heteroatoms. The summed E-state index contributed by atoms with van der Waals surface area (Å²) < 4.78 is 20.4. The Morgan fingerprint density at radius 2 is 2.16 bits per heavy atom. The van der Waals surface area contributed by atoms with E-state index in [9.17, 15) is 4.39 Å². The number of benzene rings is 1. The summed E-state index contributed by atoms with van der Waals surface area (Å²) in [6.07, 6.45) is 1.02. The molecule has 0 aliphatic carbocycles. The van der Waals surface area contributed by atoms with Gasteiger partial charge in [-0.25, -0.2) is 4.39 Å². The Hall–Kier alpha value is -0.400. The van der Waals surface area contributed by atoms with Crippen LogP contribution in [0.25, 0.3) is 0 Å². The number of halogens is 3. The highest BCUT2D eigenvalue weighted by Crippen LogP contribution is 2.29. The summed E-state index contributed by atoms with van der Waals surface area (Å²) in [6, 6.07) is 8.56. The van der Waals surface area contributed by atoms with Crippen LogP contribution in [0.1, 0.15) is 30.7 Å². The van der Waals surface area contributed by atoms with Crippen LogP contribution in [0.3, 0.4) is 0 Å². The van der Waals surface area contributed by atoms with Gasteiger partial charge in [-0.15, -0.1) is 0 Å². The minimum absolute atomic E-state index is 0.0567. The van der Waals surface area contributed by atoms with Crippen molar-refractivity contribution in [1.29, 1.82) is 0 Å². The molecule has 19 heavy (non-hydrogen) atoms. The second-order valence-corrected chi connectivity index (χ2v) is 6.14. The average Bonchev–Trinajstić information content (AvgIpc) is 2.78. The minimum Gasteiger partial charge on any atom is -0.452 e. The molecular formula is C14H14BrFINO. The smallest absolute Gasteiger partial charge is 0.169 e. The third kappa shape index (κ3) is 3.79. The Labute approximate surface area is 134 Å². The zero-order valence-corrected chi connectivity index (χ0v) is 14.2. The second-order valence-electron chi connectivity index (χ2n) is 4.19. The van der Waals surface area contributed by atoms with Crippen LogP contribution >= 0.6 is 38.5 Å². The first-order chi connectivity index (χ1) is 9.11. The summed E-state index contributed by atoms with van der Waals surface area (Å²) in [7, 11) is 0. The maximum Gasteiger partial charge on any atom is 0.169 e. The summed E-state index contributed by atoms with van der Waals surface area (Å²) in [5.74, 6) is 0.605. The summed E-state index contributed by atoms with van der Waals surface area (Å²) in [5.41, 5.74) is 1.03. The van der Waals surface area contributed by atoms with E-state index in [2.05, 4.69) is 50.8 Å². The van der Waals surface area contributed by atoms with E-state index in [4.69, 9.17) is 4.42 Å². The summed E-state index contributed by atoms with van der Waals surface area (Å²) in [4.78, 5) is 0. The van der Waals surface area contributed by atoms with Crippen molar-refractivity contribution in [2.75, 3.05) is 6.54 Å².